The van der Waals surface area contributed by atoms with Crippen LogP contribution in [0.1, 0.15) is 25.3 Å². The van der Waals surface area contributed by atoms with E-state index in [0.717, 1.165) is 18.4 Å². The molecular weight excluding hydrogens is 323 g/mol. The van der Waals surface area contributed by atoms with E-state index in [1.54, 1.807) is 47.3 Å². The van der Waals surface area contributed by atoms with Crippen molar-refractivity contribution in [2.24, 2.45) is 0 Å². The fourth-order valence-electron chi connectivity index (χ4n) is 3.67. The molecule has 0 saturated carbocycles. The Morgan fingerprint density at radius 2 is 2.04 bits per heavy atom. The van der Waals surface area contributed by atoms with E-state index in [1.165, 1.54) is 10.7 Å². The molecule has 0 unspecified atom stereocenters. The summed E-state index contributed by atoms with van der Waals surface area (Å²) in [6, 6.07) is 5.56. The molecule has 4 rings (SSSR count). The van der Waals surface area contributed by atoms with Gasteiger partial charge in [-0.2, -0.15) is 5.10 Å². The molecule has 3 heterocycles. The monoisotopic (exact) mass is 342 g/mol. The van der Waals surface area contributed by atoms with Crippen molar-refractivity contribution >= 4 is 11.8 Å². The Hall–Kier alpha value is -2.70. The lowest BCUT2D eigenvalue weighted by Crippen LogP contribution is -2.61. The molecular formula is C18H19FN4O2. The van der Waals surface area contributed by atoms with Gasteiger partial charge in [0.1, 0.15) is 23.6 Å². The van der Waals surface area contributed by atoms with E-state index in [-0.39, 0.29) is 23.7 Å². The number of aromatic nitrogens is 2. The predicted octanol–water partition coefficient (Wildman–Crippen LogP) is 1.73. The number of amides is 2. The van der Waals surface area contributed by atoms with Gasteiger partial charge < -0.3 is 9.80 Å². The lowest BCUT2D eigenvalue weighted by Gasteiger charge is -2.40. The van der Waals surface area contributed by atoms with Gasteiger partial charge in [0, 0.05) is 24.8 Å². The van der Waals surface area contributed by atoms with Gasteiger partial charge in [-0.05, 0) is 31.9 Å². The standard InChI is InChI=1S/C18H19FN4O2/c1-12-17(24)21-8-4-7-16(21)18(25)22(12)10-13-9-20-23(11-13)15-6-3-2-5-14(15)19/h2-3,5-6,9,11-12,16H,4,7-8,10H2,1H3/t12-,16+/m0/s1. The molecule has 0 N–H and O–H groups in total. The predicted molar refractivity (Wildman–Crippen MR) is 88.3 cm³/mol. The maximum absolute atomic E-state index is 13.9. The molecule has 2 fully saturated rings. The largest absolute Gasteiger partial charge is 0.329 e. The van der Waals surface area contributed by atoms with Crippen molar-refractivity contribution in [1.82, 2.24) is 19.6 Å². The summed E-state index contributed by atoms with van der Waals surface area (Å²) >= 11 is 0. The van der Waals surface area contributed by atoms with Crippen LogP contribution in [0.3, 0.4) is 0 Å². The number of fused-ring (bicyclic) bond motifs is 1. The minimum atomic E-state index is -0.487. The van der Waals surface area contributed by atoms with Crippen LogP contribution < -0.4 is 0 Å². The number of carbonyl (C=O) groups excluding carboxylic acids is 2. The number of piperazine rings is 1. The van der Waals surface area contributed by atoms with Crippen molar-refractivity contribution < 1.29 is 14.0 Å². The molecule has 1 aromatic heterocycles. The smallest absolute Gasteiger partial charge is 0.246 e. The van der Waals surface area contributed by atoms with Crippen molar-refractivity contribution in [2.75, 3.05) is 6.54 Å². The SMILES string of the molecule is C[C@H]1C(=O)N2CCC[C@@H]2C(=O)N1Cc1cnn(-c2ccccc2F)c1. The lowest BCUT2D eigenvalue weighted by molar-refractivity contribution is -0.159. The van der Waals surface area contributed by atoms with E-state index >= 15 is 0 Å². The van der Waals surface area contributed by atoms with Crippen LogP contribution in [0.25, 0.3) is 5.69 Å². The van der Waals surface area contributed by atoms with E-state index in [0.29, 0.717) is 18.8 Å². The molecule has 7 heteroatoms. The second-order valence-electron chi connectivity index (χ2n) is 6.58. The fourth-order valence-corrected chi connectivity index (χ4v) is 3.67. The van der Waals surface area contributed by atoms with Crippen LogP contribution in [-0.2, 0) is 16.1 Å². The van der Waals surface area contributed by atoms with Gasteiger partial charge in [0.25, 0.3) is 0 Å². The van der Waals surface area contributed by atoms with Crippen LogP contribution in [0.5, 0.6) is 0 Å². The Bertz CT molecular complexity index is 834. The zero-order valence-electron chi connectivity index (χ0n) is 13.9. The highest BCUT2D eigenvalue weighted by Gasteiger charge is 2.45. The number of hydrogen-bond acceptors (Lipinski definition) is 3. The van der Waals surface area contributed by atoms with E-state index in [4.69, 9.17) is 0 Å². The molecule has 2 aliphatic rings. The molecule has 25 heavy (non-hydrogen) atoms. The zero-order valence-corrected chi connectivity index (χ0v) is 13.9. The summed E-state index contributed by atoms with van der Waals surface area (Å²) in [6.45, 7) is 2.72. The molecule has 0 spiro atoms. The van der Waals surface area contributed by atoms with Crippen molar-refractivity contribution in [3.8, 4) is 5.69 Å². The van der Waals surface area contributed by atoms with Gasteiger partial charge in [-0.25, -0.2) is 9.07 Å². The fraction of sp³-hybridized carbons (Fsp3) is 0.389. The first kappa shape index (κ1) is 15.8. The van der Waals surface area contributed by atoms with Crippen molar-refractivity contribution in [3.63, 3.8) is 0 Å². The molecule has 2 amide bonds. The van der Waals surface area contributed by atoms with Crippen molar-refractivity contribution in [3.05, 3.63) is 48.0 Å². The molecule has 1 aromatic carbocycles. The normalized spacial score (nSPS) is 23.3. The van der Waals surface area contributed by atoms with Crippen molar-refractivity contribution in [2.45, 2.75) is 38.4 Å². The summed E-state index contributed by atoms with van der Waals surface area (Å²) in [4.78, 5) is 28.5. The van der Waals surface area contributed by atoms with Gasteiger partial charge in [-0.3, -0.25) is 9.59 Å². The second-order valence-corrected chi connectivity index (χ2v) is 6.58. The van der Waals surface area contributed by atoms with Crippen LogP contribution >= 0.6 is 0 Å². The average molecular weight is 342 g/mol. The first-order valence-electron chi connectivity index (χ1n) is 8.45. The number of carbonyl (C=O) groups is 2. The molecule has 130 valence electrons. The third kappa shape index (κ3) is 2.59. The number of rotatable bonds is 3. The van der Waals surface area contributed by atoms with Gasteiger partial charge in [-0.1, -0.05) is 12.1 Å². The maximum atomic E-state index is 13.9. The Morgan fingerprint density at radius 3 is 2.84 bits per heavy atom. The van der Waals surface area contributed by atoms with Gasteiger partial charge in [0.05, 0.1) is 6.20 Å². The first-order valence-corrected chi connectivity index (χ1v) is 8.45. The third-order valence-corrected chi connectivity index (χ3v) is 5.02. The Kier molecular flexibility index (Phi) is 3.78. The number of nitrogens with zero attached hydrogens (tertiary/aromatic N) is 4. The molecule has 2 aromatic rings. The Morgan fingerprint density at radius 1 is 1.24 bits per heavy atom. The van der Waals surface area contributed by atoms with Crippen LogP contribution in [0.2, 0.25) is 0 Å². The summed E-state index contributed by atoms with van der Waals surface area (Å²) in [5, 5.41) is 4.19. The summed E-state index contributed by atoms with van der Waals surface area (Å²) in [5.41, 5.74) is 1.12. The number of para-hydroxylation sites is 1. The van der Waals surface area contributed by atoms with E-state index < -0.39 is 6.04 Å². The summed E-state index contributed by atoms with van der Waals surface area (Å²) in [6.07, 6.45) is 4.90. The van der Waals surface area contributed by atoms with Crippen LogP contribution in [0, 0.1) is 5.82 Å². The van der Waals surface area contributed by atoms with E-state index in [1.807, 2.05) is 0 Å². The van der Waals surface area contributed by atoms with Crippen LogP contribution in [0.4, 0.5) is 4.39 Å². The topological polar surface area (TPSA) is 58.4 Å². The lowest BCUT2D eigenvalue weighted by atomic mass is 10.1. The minimum absolute atomic E-state index is 0.00333. The summed E-state index contributed by atoms with van der Waals surface area (Å²) < 4.78 is 15.3. The minimum Gasteiger partial charge on any atom is -0.329 e. The van der Waals surface area contributed by atoms with Gasteiger partial charge >= 0.3 is 0 Å². The number of benzene rings is 1. The van der Waals surface area contributed by atoms with Gasteiger partial charge in [-0.15, -0.1) is 0 Å². The Balaban J connectivity index is 1.57. The first-order chi connectivity index (χ1) is 12.1. The van der Waals surface area contributed by atoms with Crippen LogP contribution in [-0.4, -0.2) is 50.0 Å². The third-order valence-electron chi connectivity index (χ3n) is 5.02. The summed E-state index contributed by atoms with van der Waals surface area (Å²) in [5.74, 6) is -0.372. The summed E-state index contributed by atoms with van der Waals surface area (Å²) in [7, 11) is 0. The molecule has 2 saturated heterocycles. The highest BCUT2D eigenvalue weighted by Crippen LogP contribution is 2.28. The highest BCUT2D eigenvalue weighted by molar-refractivity contribution is 5.97. The average Bonchev–Trinajstić information content (AvgIpc) is 3.27. The number of hydrogen-bond donors (Lipinski definition) is 0. The zero-order chi connectivity index (χ0) is 17.6. The van der Waals surface area contributed by atoms with Crippen molar-refractivity contribution in [1.29, 1.82) is 0 Å². The Labute approximate surface area is 144 Å². The maximum Gasteiger partial charge on any atom is 0.246 e. The van der Waals surface area contributed by atoms with Gasteiger partial charge in [0.15, 0.2) is 0 Å². The molecule has 0 radical (unpaired) electrons. The van der Waals surface area contributed by atoms with Crippen LogP contribution in [0.15, 0.2) is 36.7 Å². The molecule has 6 nitrogen and oxygen atoms in total. The second kappa shape index (κ2) is 5.98. The number of halogens is 1. The van der Waals surface area contributed by atoms with E-state index in [9.17, 15) is 14.0 Å². The molecule has 2 atom stereocenters. The highest BCUT2D eigenvalue weighted by atomic mass is 19.1. The van der Waals surface area contributed by atoms with Gasteiger partial charge in [0.2, 0.25) is 11.8 Å². The quantitative estimate of drug-likeness (QED) is 0.854. The molecule has 0 aliphatic carbocycles. The molecule has 2 aliphatic heterocycles. The molecule has 0 bridgehead atoms. The van der Waals surface area contributed by atoms with E-state index in [2.05, 4.69) is 5.10 Å².